The van der Waals surface area contributed by atoms with Crippen LogP contribution in [0.1, 0.15) is 58.6 Å². The Labute approximate surface area is 208 Å². The Morgan fingerprint density at radius 3 is 2.03 bits per heavy atom. The molecular formula is C24H36N2O5P2S. The van der Waals surface area contributed by atoms with Gasteiger partial charge in [-0.1, -0.05) is 37.8 Å². The summed E-state index contributed by atoms with van der Waals surface area (Å²) < 4.78 is 25.3. The van der Waals surface area contributed by atoms with E-state index in [0.29, 0.717) is 17.7 Å². The second-order valence-corrected chi connectivity index (χ2v) is 14.1. The normalized spacial score (nSPS) is 15.1. The van der Waals surface area contributed by atoms with Crippen LogP contribution in [0.5, 0.6) is 11.5 Å². The first kappa shape index (κ1) is 28.5. The second-order valence-electron chi connectivity index (χ2n) is 9.01. The Hall–Kier alpha value is -1.69. The summed E-state index contributed by atoms with van der Waals surface area (Å²) in [4.78, 5) is 18.3. The maximum atomic E-state index is 11.2. The summed E-state index contributed by atoms with van der Waals surface area (Å²) in [6.07, 6.45) is 3.09. The summed E-state index contributed by atoms with van der Waals surface area (Å²) in [5.74, 6) is 1.43. The van der Waals surface area contributed by atoms with Crippen molar-refractivity contribution in [1.29, 1.82) is 0 Å². The first-order valence-corrected chi connectivity index (χ1v) is 15.6. The summed E-state index contributed by atoms with van der Waals surface area (Å²) in [5.41, 5.74) is 1.29. The lowest BCUT2D eigenvalue weighted by Gasteiger charge is -2.34. The fraction of sp³-hybridized carbons (Fsp3) is 0.458. The molecular weight excluding hydrogens is 490 g/mol. The highest BCUT2D eigenvalue weighted by Crippen LogP contribution is 2.46. The molecule has 2 rings (SSSR count). The summed E-state index contributed by atoms with van der Waals surface area (Å²) in [6, 6.07) is 14.6. The van der Waals surface area contributed by atoms with Crippen molar-refractivity contribution in [1.82, 2.24) is 4.78 Å². The lowest BCUT2D eigenvalue weighted by atomic mass is 10.1. The molecule has 0 saturated carbocycles. The number of benzene rings is 2. The van der Waals surface area contributed by atoms with Crippen molar-refractivity contribution >= 4 is 32.5 Å². The predicted octanol–water partition coefficient (Wildman–Crippen LogP) is 5.99. The first-order chi connectivity index (χ1) is 15.8. The van der Waals surface area contributed by atoms with Crippen molar-refractivity contribution in [3.8, 4) is 11.5 Å². The Bertz CT molecular complexity index is 1040. The highest BCUT2D eigenvalue weighted by Gasteiger charge is 2.31. The van der Waals surface area contributed by atoms with Crippen molar-refractivity contribution in [3.05, 3.63) is 59.7 Å². The molecule has 2 aromatic carbocycles. The molecule has 2 unspecified atom stereocenters. The monoisotopic (exact) mass is 526 g/mol. The lowest BCUT2D eigenvalue weighted by Crippen LogP contribution is -2.30. The Morgan fingerprint density at radius 2 is 1.53 bits per heavy atom. The van der Waals surface area contributed by atoms with Gasteiger partial charge in [0.2, 0.25) is 0 Å². The zero-order valence-electron chi connectivity index (χ0n) is 20.7. The van der Waals surface area contributed by atoms with Gasteiger partial charge in [0.15, 0.2) is 0 Å². The van der Waals surface area contributed by atoms with E-state index in [-0.39, 0.29) is 11.8 Å². The van der Waals surface area contributed by atoms with Crippen LogP contribution in [0.15, 0.2) is 53.6 Å². The molecule has 0 aliphatic heterocycles. The van der Waals surface area contributed by atoms with Crippen LogP contribution >= 0.6 is 14.4 Å². The van der Waals surface area contributed by atoms with E-state index in [1.165, 1.54) is 0 Å². The third-order valence-corrected chi connectivity index (χ3v) is 10.5. The summed E-state index contributed by atoms with van der Waals surface area (Å²) in [5, 5.41) is 3.96. The van der Waals surface area contributed by atoms with E-state index >= 15 is 0 Å². The number of ether oxygens (including phenoxy) is 2. The molecule has 0 spiro atoms. The highest BCUT2D eigenvalue weighted by molar-refractivity contribution is 8.04. The summed E-state index contributed by atoms with van der Waals surface area (Å²) in [7, 11) is -2.25. The number of hydrogen-bond acceptors (Lipinski definition) is 5. The maximum Gasteiger partial charge on any atom is 0.329 e. The minimum absolute atomic E-state index is 0.208. The molecule has 34 heavy (non-hydrogen) atoms. The van der Waals surface area contributed by atoms with Crippen LogP contribution in [-0.4, -0.2) is 38.8 Å². The molecule has 7 nitrogen and oxygen atoms in total. The van der Waals surface area contributed by atoms with Crippen molar-refractivity contribution in [2.24, 2.45) is 5.10 Å². The zero-order chi connectivity index (χ0) is 25.6. The molecule has 10 heteroatoms. The van der Waals surface area contributed by atoms with Gasteiger partial charge in [-0.2, -0.15) is 5.10 Å². The van der Waals surface area contributed by atoms with Crippen LogP contribution in [-0.2, 0) is 22.5 Å². The van der Waals surface area contributed by atoms with Gasteiger partial charge in [0.1, 0.15) is 22.4 Å². The van der Waals surface area contributed by atoms with Gasteiger partial charge in [-0.25, -0.2) is 0 Å². The van der Waals surface area contributed by atoms with Crippen LogP contribution < -0.4 is 9.47 Å². The third-order valence-electron chi connectivity index (χ3n) is 5.58. The minimum atomic E-state index is -4.11. The van der Waals surface area contributed by atoms with E-state index in [9.17, 15) is 4.57 Å². The van der Waals surface area contributed by atoms with Gasteiger partial charge < -0.3 is 19.3 Å². The van der Waals surface area contributed by atoms with Crippen LogP contribution in [0, 0.1) is 0 Å². The van der Waals surface area contributed by atoms with Gasteiger partial charge >= 0.3 is 7.60 Å². The number of rotatable bonds is 12. The molecule has 0 fully saturated rings. The summed E-state index contributed by atoms with van der Waals surface area (Å²) in [6.45, 7) is 8.57. The molecule has 0 aromatic heterocycles. The van der Waals surface area contributed by atoms with E-state index in [1.54, 1.807) is 35.3 Å². The molecule has 0 heterocycles. The molecule has 0 saturated heterocycles. The van der Waals surface area contributed by atoms with Gasteiger partial charge in [-0.15, -0.1) is 0 Å². The lowest BCUT2D eigenvalue weighted by molar-refractivity contribution is 0.105. The SMILES string of the molecule is CCC(C)(C)Oc1ccc(/C=N/N(C)[PH](=S)C(C)(CC)Oc2ccc(CP(=O)(O)O)cc2)cc1. The molecule has 0 aliphatic rings. The largest absolute Gasteiger partial charge is 0.488 e. The maximum absolute atomic E-state index is 11.2. The van der Waals surface area contributed by atoms with Crippen molar-refractivity contribution in [2.75, 3.05) is 7.05 Å². The van der Waals surface area contributed by atoms with Crippen LogP contribution in [0.25, 0.3) is 0 Å². The summed E-state index contributed by atoms with van der Waals surface area (Å²) >= 11 is 5.87. The topological polar surface area (TPSA) is 91.6 Å². The van der Waals surface area contributed by atoms with Crippen molar-refractivity contribution < 1.29 is 23.8 Å². The fourth-order valence-corrected chi connectivity index (χ4v) is 5.73. The second kappa shape index (κ2) is 11.8. The number of hydrazone groups is 1. The van der Waals surface area contributed by atoms with Crippen LogP contribution in [0.4, 0.5) is 0 Å². The predicted molar refractivity (Wildman–Crippen MR) is 144 cm³/mol. The molecule has 0 bridgehead atoms. The van der Waals surface area contributed by atoms with Gasteiger partial charge in [0.05, 0.1) is 19.2 Å². The molecule has 0 radical (unpaired) electrons. The average molecular weight is 527 g/mol. The van der Waals surface area contributed by atoms with E-state index < -0.39 is 19.8 Å². The Morgan fingerprint density at radius 1 is 1.00 bits per heavy atom. The Balaban J connectivity index is 2.05. The van der Waals surface area contributed by atoms with E-state index in [1.807, 2.05) is 45.2 Å². The van der Waals surface area contributed by atoms with E-state index in [4.69, 9.17) is 31.1 Å². The quantitative estimate of drug-likeness (QED) is 0.199. The van der Waals surface area contributed by atoms with Crippen molar-refractivity contribution in [2.45, 2.75) is 64.6 Å². The Kier molecular flexibility index (Phi) is 9.93. The smallest absolute Gasteiger partial charge is 0.329 e. The molecule has 2 aromatic rings. The molecule has 0 aliphatic carbocycles. The fourth-order valence-electron chi connectivity index (χ4n) is 2.99. The number of nitrogens with zero attached hydrogens (tertiary/aromatic N) is 2. The average Bonchev–Trinajstić information content (AvgIpc) is 2.78. The highest BCUT2D eigenvalue weighted by atomic mass is 32.4. The molecule has 0 amide bonds. The minimum Gasteiger partial charge on any atom is -0.488 e. The van der Waals surface area contributed by atoms with Crippen molar-refractivity contribution in [3.63, 3.8) is 0 Å². The molecule has 188 valence electrons. The van der Waals surface area contributed by atoms with Crippen LogP contribution in [0.2, 0.25) is 0 Å². The standard InChI is InChI=1S/C24H36N2O5P2S/c1-7-23(3,4)30-21-13-9-19(10-14-21)17-25-26(6)32(34)24(5,8-2)31-22-15-11-20(12-16-22)18-33(27,28)29/h9-17,32H,7-8,18H2,1-6H3,(H2,27,28,29)/b25-17+. The van der Waals surface area contributed by atoms with Gasteiger partial charge in [0, 0.05) is 7.05 Å². The molecule has 2 N–H and O–H groups in total. The van der Waals surface area contributed by atoms with Gasteiger partial charge in [-0.3, -0.25) is 9.34 Å². The van der Waals surface area contributed by atoms with E-state index in [2.05, 4.69) is 25.9 Å². The van der Waals surface area contributed by atoms with E-state index in [0.717, 1.165) is 17.7 Å². The van der Waals surface area contributed by atoms with Gasteiger partial charge in [0.25, 0.3) is 0 Å². The first-order valence-electron chi connectivity index (χ1n) is 11.2. The van der Waals surface area contributed by atoms with Gasteiger partial charge in [-0.05, 0) is 81.1 Å². The zero-order valence-corrected chi connectivity index (χ0v) is 23.4. The number of hydrogen-bond donors (Lipinski definition) is 2. The third kappa shape index (κ3) is 8.83. The molecule has 2 atom stereocenters. The van der Waals surface area contributed by atoms with Crippen LogP contribution in [0.3, 0.4) is 0 Å².